The van der Waals surface area contributed by atoms with E-state index in [1.165, 1.54) is 0 Å². The quantitative estimate of drug-likeness (QED) is 0.883. The first kappa shape index (κ1) is 12.5. The molecule has 1 N–H and O–H groups in total. The Hall–Kier alpha value is -1.93. The molecule has 0 radical (unpaired) electrons. The van der Waals surface area contributed by atoms with E-state index < -0.39 is 0 Å². The minimum Gasteiger partial charge on any atom is -0.340 e. The van der Waals surface area contributed by atoms with E-state index in [0.29, 0.717) is 11.4 Å². The predicted octanol–water partition coefficient (Wildman–Crippen LogP) is 3.42. The van der Waals surface area contributed by atoms with Crippen LogP contribution in [0.3, 0.4) is 0 Å². The number of nitriles is 1. The average molecular weight is 303 g/mol. The van der Waals surface area contributed by atoms with Crippen LogP contribution in [0.15, 0.2) is 34.9 Å². The first-order valence-corrected chi connectivity index (χ1v) is 6.31. The van der Waals surface area contributed by atoms with E-state index in [0.717, 1.165) is 22.5 Å². The maximum absolute atomic E-state index is 8.84. The zero-order valence-corrected chi connectivity index (χ0v) is 11.4. The third-order valence-electron chi connectivity index (χ3n) is 2.32. The van der Waals surface area contributed by atoms with Crippen molar-refractivity contribution < 1.29 is 0 Å². The number of anilines is 2. The van der Waals surface area contributed by atoms with Crippen LogP contribution < -0.4 is 5.32 Å². The molecule has 2 aromatic rings. The van der Waals surface area contributed by atoms with Crippen molar-refractivity contribution in [3.63, 3.8) is 0 Å². The number of aryl methyl sites for hydroxylation is 1. The molecule has 0 spiro atoms. The Morgan fingerprint density at radius 2 is 2.17 bits per heavy atom. The fourth-order valence-corrected chi connectivity index (χ4v) is 1.92. The zero-order chi connectivity index (χ0) is 13.0. The highest BCUT2D eigenvalue weighted by atomic mass is 79.9. The highest BCUT2D eigenvalue weighted by Gasteiger charge is 2.02. The van der Waals surface area contributed by atoms with Crippen LogP contribution in [-0.2, 0) is 6.42 Å². The van der Waals surface area contributed by atoms with Gasteiger partial charge in [0, 0.05) is 18.2 Å². The summed E-state index contributed by atoms with van der Waals surface area (Å²) in [6.45, 7) is 2.00. The number of nitrogens with one attached hydrogen (secondary N) is 1. The SMILES string of the molecule is CCc1nc(Br)cc(Nc2cccc(C#N)c2)n1. The van der Waals surface area contributed by atoms with Crippen LogP contribution in [-0.4, -0.2) is 9.97 Å². The summed E-state index contributed by atoms with van der Waals surface area (Å²) in [7, 11) is 0. The normalized spacial score (nSPS) is 9.83. The van der Waals surface area contributed by atoms with Gasteiger partial charge in [-0.15, -0.1) is 0 Å². The van der Waals surface area contributed by atoms with Crippen LogP contribution in [0, 0.1) is 11.3 Å². The fraction of sp³-hybridized carbons (Fsp3) is 0.154. The summed E-state index contributed by atoms with van der Waals surface area (Å²) in [4.78, 5) is 8.61. The molecular formula is C13H11BrN4. The van der Waals surface area contributed by atoms with E-state index in [1.807, 2.05) is 19.1 Å². The maximum atomic E-state index is 8.84. The molecule has 90 valence electrons. The first-order valence-electron chi connectivity index (χ1n) is 5.52. The Labute approximate surface area is 114 Å². The third-order valence-corrected chi connectivity index (χ3v) is 2.73. The molecular weight excluding hydrogens is 292 g/mol. The van der Waals surface area contributed by atoms with E-state index in [-0.39, 0.29) is 0 Å². The topological polar surface area (TPSA) is 61.6 Å². The summed E-state index contributed by atoms with van der Waals surface area (Å²) in [5.74, 6) is 1.48. The summed E-state index contributed by atoms with van der Waals surface area (Å²) >= 11 is 3.35. The molecule has 0 unspecified atom stereocenters. The Balaban J connectivity index is 2.28. The molecule has 0 saturated carbocycles. The van der Waals surface area contributed by atoms with Crippen molar-refractivity contribution in [2.24, 2.45) is 0 Å². The van der Waals surface area contributed by atoms with Crippen molar-refractivity contribution in [2.45, 2.75) is 13.3 Å². The van der Waals surface area contributed by atoms with Gasteiger partial charge in [-0.25, -0.2) is 9.97 Å². The van der Waals surface area contributed by atoms with E-state index >= 15 is 0 Å². The number of hydrogen-bond donors (Lipinski definition) is 1. The number of benzene rings is 1. The lowest BCUT2D eigenvalue weighted by Gasteiger charge is -2.07. The van der Waals surface area contributed by atoms with E-state index in [1.54, 1.807) is 18.2 Å². The molecule has 18 heavy (non-hydrogen) atoms. The number of rotatable bonds is 3. The summed E-state index contributed by atoms with van der Waals surface area (Å²) < 4.78 is 0.744. The molecule has 1 aromatic heterocycles. The second-order valence-electron chi connectivity index (χ2n) is 3.66. The molecule has 2 rings (SSSR count). The van der Waals surface area contributed by atoms with Crippen molar-refractivity contribution in [2.75, 3.05) is 5.32 Å². The van der Waals surface area contributed by atoms with E-state index in [9.17, 15) is 0 Å². The van der Waals surface area contributed by atoms with Crippen LogP contribution in [0.4, 0.5) is 11.5 Å². The number of hydrogen-bond acceptors (Lipinski definition) is 4. The van der Waals surface area contributed by atoms with Gasteiger partial charge in [0.1, 0.15) is 16.2 Å². The summed E-state index contributed by atoms with van der Waals surface area (Å²) in [6, 6.07) is 11.2. The van der Waals surface area contributed by atoms with Gasteiger partial charge in [0.2, 0.25) is 0 Å². The molecule has 0 bridgehead atoms. The van der Waals surface area contributed by atoms with Gasteiger partial charge in [0.05, 0.1) is 11.6 Å². The highest BCUT2D eigenvalue weighted by molar-refractivity contribution is 9.10. The number of nitrogens with zero attached hydrogens (tertiary/aromatic N) is 3. The second-order valence-corrected chi connectivity index (χ2v) is 4.48. The first-order chi connectivity index (χ1) is 8.71. The highest BCUT2D eigenvalue weighted by Crippen LogP contribution is 2.18. The molecule has 0 aliphatic rings. The molecule has 0 saturated heterocycles. The van der Waals surface area contributed by atoms with Crippen LogP contribution in [0.1, 0.15) is 18.3 Å². The van der Waals surface area contributed by atoms with Crippen LogP contribution in [0.2, 0.25) is 0 Å². The summed E-state index contributed by atoms with van der Waals surface area (Å²) in [6.07, 6.45) is 0.770. The number of halogens is 1. The Bertz CT molecular complexity index is 604. The summed E-state index contributed by atoms with van der Waals surface area (Å²) in [5.41, 5.74) is 1.45. The minimum absolute atomic E-state index is 0.615. The monoisotopic (exact) mass is 302 g/mol. The number of aromatic nitrogens is 2. The van der Waals surface area contributed by atoms with Gasteiger partial charge in [-0.3, -0.25) is 0 Å². The van der Waals surface area contributed by atoms with Gasteiger partial charge >= 0.3 is 0 Å². The van der Waals surface area contributed by atoms with Crippen molar-refractivity contribution in [3.05, 3.63) is 46.3 Å². The lowest BCUT2D eigenvalue weighted by atomic mass is 10.2. The molecule has 0 fully saturated rings. The minimum atomic E-state index is 0.615. The van der Waals surface area contributed by atoms with Crippen molar-refractivity contribution in [1.82, 2.24) is 9.97 Å². The predicted molar refractivity (Wildman–Crippen MR) is 73.5 cm³/mol. The molecule has 0 atom stereocenters. The fourth-order valence-electron chi connectivity index (χ4n) is 1.50. The van der Waals surface area contributed by atoms with Gasteiger partial charge < -0.3 is 5.32 Å². The average Bonchev–Trinajstić information content (AvgIpc) is 2.38. The van der Waals surface area contributed by atoms with Crippen LogP contribution >= 0.6 is 15.9 Å². The zero-order valence-electron chi connectivity index (χ0n) is 9.81. The summed E-state index contributed by atoms with van der Waals surface area (Å²) in [5, 5.41) is 12.0. The standard InChI is InChI=1S/C13H11BrN4/c1-2-12-17-11(14)7-13(18-12)16-10-5-3-4-9(6-10)8-15/h3-7H,2H2,1H3,(H,16,17,18). The molecule has 0 aliphatic heterocycles. The maximum Gasteiger partial charge on any atom is 0.135 e. The van der Waals surface area contributed by atoms with Gasteiger partial charge in [-0.05, 0) is 34.1 Å². The molecule has 1 aromatic carbocycles. The van der Waals surface area contributed by atoms with E-state index in [4.69, 9.17) is 5.26 Å². The Morgan fingerprint density at radius 3 is 2.89 bits per heavy atom. The Morgan fingerprint density at radius 1 is 1.33 bits per heavy atom. The van der Waals surface area contributed by atoms with Gasteiger partial charge in [0.25, 0.3) is 0 Å². The van der Waals surface area contributed by atoms with Gasteiger partial charge in [0.15, 0.2) is 0 Å². The Kier molecular flexibility index (Phi) is 3.90. The van der Waals surface area contributed by atoms with Gasteiger partial charge in [-0.2, -0.15) is 5.26 Å². The van der Waals surface area contributed by atoms with Crippen molar-refractivity contribution in [3.8, 4) is 6.07 Å². The van der Waals surface area contributed by atoms with Crippen LogP contribution in [0.25, 0.3) is 0 Å². The molecule has 0 aliphatic carbocycles. The van der Waals surface area contributed by atoms with E-state index in [2.05, 4.69) is 37.3 Å². The third kappa shape index (κ3) is 3.05. The lowest BCUT2D eigenvalue weighted by molar-refractivity contribution is 0.931. The molecule has 5 heteroatoms. The molecule has 4 nitrogen and oxygen atoms in total. The van der Waals surface area contributed by atoms with Gasteiger partial charge in [-0.1, -0.05) is 13.0 Å². The smallest absolute Gasteiger partial charge is 0.135 e. The molecule has 1 heterocycles. The largest absolute Gasteiger partial charge is 0.340 e. The van der Waals surface area contributed by atoms with Crippen molar-refractivity contribution >= 4 is 27.4 Å². The second kappa shape index (κ2) is 5.61. The van der Waals surface area contributed by atoms with Crippen LogP contribution in [0.5, 0.6) is 0 Å². The lowest BCUT2D eigenvalue weighted by Crippen LogP contribution is -1.99. The van der Waals surface area contributed by atoms with Crippen molar-refractivity contribution in [1.29, 1.82) is 5.26 Å². The molecule has 0 amide bonds.